The number of rotatable bonds is 7. The zero-order valence-electron chi connectivity index (χ0n) is 35.3. The molecule has 0 aliphatic heterocycles. The Hall–Kier alpha value is -5.69. The number of thiocarbonyl (C=S) groups is 2. The number of hydrogen-bond acceptors (Lipinski definition) is 12. The summed E-state index contributed by atoms with van der Waals surface area (Å²) in [5, 5.41) is 10.8. The molecule has 0 amide bonds. The minimum absolute atomic E-state index is 0.0227. The molecule has 8 rings (SSSR count). The van der Waals surface area contributed by atoms with Gasteiger partial charge in [-0.3, -0.25) is 9.97 Å². The minimum atomic E-state index is -0.530. The van der Waals surface area contributed by atoms with E-state index in [-0.39, 0.29) is 21.1 Å². The highest BCUT2D eigenvalue weighted by atomic mass is 35.5. The van der Waals surface area contributed by atoms with E-state index in [2.05, 4.69) is 51.2 Å². The van der Waals surface area contributed by atoms with Crippen molar-refractivity contribution in [3.05, 3.63) is 139 Å². The van der Waals surface area contributed by atoms with Crippen LogP contribution in [0.15, 0.2) is 91.7 Å². The van der Waals surface area contributed by atoms with E-state index in [1.54, 1.807) is 49.9 Å². The van der Waals surface area contributed by atoms with Gasteiger partial charge in [0.15, 0.2) is 5.75 Å². The van der Waals surface area contributed by atoms with Crippen molar-refractivity contribution in [3.63, 3.8) is 0 Å². The molecule has 2 saturated carbocycles. The lowest BCUT2D eigenvalue weighted by Crippen LogP contribution is -2.15. The van der Waals surface area contributed by atoms with Crippen molar-refractivity contribution in [1.29, 1.82) is 0 Å². The Morgan fingerprint density at radius 2 is 1.08 bits per heavy atom. The second-order valence-corrected chi connectivity index (χ2v) is 16.5. The van der Waals surface area contributed by atoms with E-state index in [1.807, 2.05) is 40.7 Å². The van der Waals surface area contributed by atoms with Crippen LogP contribution in [0, 0.1) is 41.5 Å². The quantitative estimate of drug-likeness (QED) is 0.121. The summed E-state index contributed by atoms with van der Waals surface area (Å²) in [5.41, 5.74) is 10.3. The highest BCUT2D eigenvalue weighted by molar-refractivity contribution is 7.82. The predicted octanol–water partition coefficient (Wildman–Crippen LogP) is 11.5. The van der Waals surface area contributed by atoms with Gasteiger partial charge in [-0.2, -0.15) is 0 Å². The lowest BCUT2D eigenvalue weighted by atomic mass is 9.91. The van der Waals surface area contributed by atoms with E-state index in [0.29, 0.717) is 56.9 Å². The van der Waals surface area contributed by atoms with E-state index in [4.69, 9.17) is 42.1 Å². The summed E-state index contributed by atoms with van der Waals surface area (Å²) in [5.74, 6) is 2.35. The third-order valence-corrected chi connectivity index (χ3v) is 11.3. The number of benzene rings is 2. The number of methoxy groups -OCH3 is 2. The van der Waals surface area contributed by atoms with Crippen LogP contribution in [0.2, 0.25) is 0 Å². The number of aryl methyl sites for hydroxylation is 4. The van der Waals surface area contributed by atoms with E-state index in [0.717, 1.165) is 33.4 Å². The molecule has 0 spiro atoms. The van der Waals surface area contributed by atoms with Crippen LogP contribution in [0.4, 0.5) is 0 Å². The SMILES string of the molecule is COC(=S)Cl.COC(=S)Oc1c(C)c(-c2cccnc2)oc(=O)c1-c1c(C)cc(C2CC2)cc1C.Cc1cc(C2CC2)cc(C)c1-c1c(O)c(C)c(-c2cccnc2)oc1=O. The molecule has 2 aliphatic rings. The fourth-order valence-electron chi connectivity index (χ4n) is 7.54. The average Bonchev–Trinajstić information content (AvgIpc) is 4.18. The monoisotopic (exact) mass is 878 g/mol. The van der Waals surface area contributed by atoms with Gasteiger partial charge in [0, 0.05) is 59.3 Å². The maximum absolute atomic E-state index is 13.2. The molecule has 0 unspecified atom stereocenters. The van der Waals surface area contributed by atoms with Gasteiger partial charge in [0.1, 0.15) is 28.4 Å². The van der Waals surface area contributed by atoms with Gasteiger partial charge in [-0.15, -0.1) is 0 Å². The molecule has 0 saturated heterocycles. The number of aromatic nitrogens is 2. The van der Waals surface area contributed by atoms with Crippen LogP contribution in [0.1, 0.15) is 82.0 Å². The van der Waals surface area contributed by atoms with Crippen LogP contribution in [0.5, 0.6) is 11.5 Å². The van der Waals surface area contributed by atoms with Crippen LogP contribution in [-0.4, -0.2) is 39.0 Å². The van der Waals surface area contributed by atoms with Gasteiger partial charge in [0.25, 0.3) is 4.51 Å². The van der Waals surface area contributed by atoms with Gasteiger partial charge in [-0.25, -0.2) is 9.59 Å². The van der Waals surface area contributed by atoms with Gasteiger partial charge >= 0.3 is 16.5 Å². The standard InChI is InChI=1S/C24H23NO4S.C22H21NO3.C2H3ClOS/c1-13-10-18(16-7-8-16)11-14(2)19(13)20-22(29-24(30)27-4)15(3)21(28-23(20)26)17-6-5-9-25-12-17;1-12-9-17(15-6-7-15)10-13(2)18(12)19-20(24)14(3)21(26-22(19)25)16-5-4-8-23-11-16;1-4-2(3)5/h5-6,9-12,16H,7-8H2,1-4H3;4-5,8-11,15,24H,6-7H2,1-3H3;1H3. The van der Waals surface area contributed by atoms with E-state index >= 15 is 0 Å². The smallest absolute Gasteiger partial charge is 0.357 e. The first-order valence-electron chi connectivity index (χ1n) is 19.7. The van der Waals surface area contributed by atoms with E-state index in [1.165, 1.54) is 51.0 Å². The van der Waals surface area contributed by atoms with E-state index in [9.17, 15) is 14.7 Å². The molecular formula is C48H47ClN2O8S2. The predicted molar refractivity (Wildman–Crippen MR) is 247 cm³/mol. The van der Waals surface area contributed by atoms with Gasteiger partial charge in [0.05, 0.1) is 14.2 Å². The van der Waals surface area contributed by atoms with E-state index < -0.39 is 11.3 Å². The topological polar surface area (TPSA) is 134 Å². The molecule has 2 aromatic carbocycles. The number of halogens is 1. The summed E-state index contributed by atoms with van der Waals surface area (Å²) in [6.07, 6.45) is 11.5. The van der Waals surface area contributed by atoms with Crippen molar-refractivity contribution in [3.8, 4) is 56.4 Å². The van der Waals surface area contributed by atoms with Gasteiger partial charge in [-0.05, 0) is 172 Å². The zero-order valence-corrected chi connectivity index (χ0v) is 37.7. The summed E-state index contributed by atoms with van der Waals surface area (Å²) >= 11 is 14.4. The number of pyridine rings is 2. The van der Waals surface area contributed by atoms with Crippen molar-refractivity contribution in [1.82, 2.24) is 9.97 Å². The van der Waals surface area contributed by atoms with Crippen LogP contribution in [0.3, 0.4) is 0 Å². The maximum Gasteiger partial charge on any atom is 0.357 e. The second kappa shape index (κ2) is 19.4. The Kier molecular flexibility index (Phi) is 14.2. The van der Waals surface area contributed by atoms with Crippen molar-refractivity contribution >= 4 is 45.8 Å². The van der Waals surface area contributed by atoms with Crippen molar-refractivity contribution in [2.45, 2.75) is 79.1 Å². The van der Waals surface area contributed by atoms with Crippen LogP contribution < -0.4 is 16.0 Å². The third-order valence-electron chi connectivity index (χ3n) is 10.7. The van der Waals surface area contributed by atoms with Crippen molar-refractivity contribution in [2.24, 2.45) is 0 Å². The fraction of sp³-hybridized carbons (Fsp3) is 0.292. The number of ether oxygens (including phenoxy) is 3. The Balaban J connectivity index is 0.000000185. The summed E-state index contributed by atoms with van der Waals surface area (Å²) in [4.78, 5) is 34.2. The first-order chi connectivity index (χ1) is 29.1. The molecule has 2 fully saturated rings. The Morgan fingerprint density at radius 1 is 0.672 bits per heavy atom. The fourth-order valence-corrected chi connectivity index (χ4v) is 7.62. The molecule has 61 heavy (non-hydrogen) atoms. The molecule has 4 aromatic heterocycles. The second-order valence-electron chi connectivity index (χ2n) is 15.2. The Bertz CT molecular complexity index is 2680. The number of hydrogen-bond donors (Lipinski definition) is 1. The summed E-state index contributed by atoms with van der Waals surface area (Å²) in [6.45, 7) is 11.6. The molecule has 2 aliphatic carbocycles. The molecule has 0 atom stereocenters. The molecule has 0 radical (unpaired) electrons. The Labute approximate surface area is 370 Å². The molecule has 1 N–H and O–H groups in total. The molecule has 316 valence electrons. The summed E-state index contributed by atoms with van der Waals surface area (Å²) in [6, 6.07) is 15.8. The van der Waals surface area contributed by atoms with Crippen molar-refractivity contribution in [2.75, 3.05) is 14.2 Å². The minimum Gasteiger partial charge on any atom is -0.507 e. The van der Waals surface area contributed by atoms with Crippen molar-refractivity contribution < 1.29 is 28.2 Å². The number of nitrogens with zero attached hydrogens (tertiary/aromatic N) is 2. The molecule has 6 aromatic rings. The lowest BCUT2D eigenvalue weighted by Gasteiger charge is -2.18. The zero-order chi connectivity index (χ0) is 44.1. The highest BCUT2D eigenvalue weighted by Crippen LogP contribution is 2.45. The van der Waals surface area contributed by atoms with Gasteiger partial charge in [-0.1, -0.05) is 24.3 Å². The molecule has 10 nitrogen and oxygen atoms in total. The van der Waals surface area contributed by atoms with Crippen LogP contribution >= 0.6 is 36.0 Å². The molecule has 13 heteroatoms. The summed E-state index contributed by atoms with van der Waals surface area (Å²) < 4.78 is 26.6. The molecule has 0 bridgehead atoms. The van der Waals surface area contributed by atoms with Gasteiger partial charge in [0.2, 0.25) is 0 Å². The molecular weight excluding hydrogens is 832 g/mol. The van der Waals surface area contributed by atoms with Crippen LogP contribution in [-0.2, 0) is 9.47 Å². The number of aromatic hydroxyl groups is 1. The summed E-state index contributed by atoms with van der Waals surface area (Å²) in [7, 11) is 2.86. The third kappa shape index (κ3) is 10.3. The molecule has 4 heterocycles. The maximum atomic E-state index is 13.2. The lowest BCUT2D eigenvalue weighted by molar-refractivity contribution is 0.313. The average molecular weight is 879 g/mol. The largest absolute Gasteiger partial charge is 0.507 e. The Morgan fingerprint density at radius 3 is 1.46 bits per heavy atom. The normalized spacial score (nSPS) is 12.9. The first kappa shape index (κ1) is 44.9. The highest BCUT2D eigenvalue weighted by Gasteiger charge is 2.29. The van der Waals surface area contributed by atoms with Crippen LogP contribution in [0.25, 0.3) is 44.9 Å². The van der Waals surface area contributed by atoms with Gasteiger partial charge < -0.3 is 28.2 Å². The first-order valence-corrected chi connectivity index (χ1v) is 20.9.